The van der Waals surface area contributed by atoms with Crippen molar-refractivity contribution in [2.45, 2.75) is 31.6 Å². The maximum atomic E-state index is 11.3. The molecule has 1 aromatic rings. The molecule has 1 aromatic carbocycles. The van der Waals surface area contributed by atoms with Gasteiger partial charge in [0, 0.05) is 18.5 Å². The Bertz CT molecular complexity index is 513. The Kier molecular flexibility index (Phi) is 3.41. The molecule has 4 heteroatoms. The molecule has 0 unspecified atom stereocenters. The monoisotopic (exact) mass is 267 g/mol. The summed E-state index contributed by atoms with van der Waals surface area (Å²) >= 11 is 0. The van der Waals surface area contributed by atoms with E-state index in [2.05, 4.69) is 19.2 Å². The summed E-state index contributed by atoms with van der Waals surface area (Å²) in [5, 5.41) is 3.41. The zero-order valence-corrected chi connectivity index (χ0v) is 12.0. The smallest absolute Gasteiger partial charge is 0.175 e. The van der Waals surface area contributed by atoms with Gasteiger partial charge in [-0.3, -0.25) is 0 Å². The molecule has 1 N–H and O–H groups in total. The number of benzene rings is 1. The summed E-state index contributed by atoms with van der Waals surface area (Å²) in [7, 11) is -3.09. The Morgan fingerprint density at radius 3 is 2.17 bits per heavy atom. The highest BCUT2D eigenvalue weighted by atomic mass is 32.2. The third kappa shape index (κ3) is 2.86. The topological polar surface area (TPSA) is 46.2 Å². The summed E-state index contributed by atoms with van der Waals surface area (Å²) in [6, 6.07) is 7.00. The summed E-state index contributed by atoms with van der Waals surface area (Å²) in [4.78, 5) is 0.373. The Labute approximate surface area is 110 Å². The van der Waals surface area contributed by atoms with Gasteiger partial charge in [0.15, 0.2) is 9.84 Å². The number of nitrogens with one attached hydrogen (secondary N) is 1. The van der Waals surface area contributed by atoms with Crippen molar-refractivity contribution in [2.75, 3.05) is 18.1 Å². The fourth-order valence-electron chi connectivity index (χ4n) is 2.22. The number of rotatable bonds is 5. The fraction of sp³-hybridized carbons (Fsp3) is 0.571. The molecular weight excluding hydrogens is 246 g/mol. The second kappa shape index (κ2) is 4.57. The lowest BCUT2D eigenvalue weighted by Gasteiger charge is -2.20. The van der Waals surface area contributed by atoms with Gasteiger partial charge < -0.3 is 5.32 Å². The quantitative estimate of drug-likeness (QED) is 0.892. The Balaban J connectivity index is 1.99. The average Bonchev–Trinajstić information content (AvgIpc) is 3.07. The largest absolute Gasteiger partial charge is 0.384 e. The predicted molar refractivity (Wildman–Crippen MR) is 74.5 cm³/mol. The van der Waals surface area contributed by atoms with E-state index in [9.17, 15) is 8.42 Å². The zero-order chi connectivity index (χ0) is 13.4. The van der Waals surface area contributed by atoms with Gasteiger partial charge in [-0.05, 0) is 48.4 Å². The summed E-state index contributed by atoms with van der Waals surface area (Å²) < 4.78 is 22.7. The molecule has 1 aliphatic rings. The summed E-state index contributed by atoms with van der Waals surface area (Å²) in [5.41, 5.74) is 1.45. The van der Waals surface area contributed by atoms with Gasteiger partial charge in [0.1, 0.15) is 0 Å². The maximum absolute atomic E-state index is 11.3. The van der Waals surface area contributed by atoms with E-state index >= 15 is 0 Å². The van der Waals surface area contributed by atoms with Crippen molar-refractivity contribution in [1.82, 2.24) is 0 Å². The molecule has 0 radical (unpaired) electrons. The molecule has 0 atom stereocenters. The van der Waals surface area contributed by atoms with E-state index in [-0.39, 0.29) is 0 Å². The van der Waals surface area contributed by atoms with Crippen molar-refractivity contribution < 1.29 is 8.42 Å². The van der Waals surface area contributed by atoms with Crippen molar-refractivity contribution >= 4 is 15.5 Å². The highest BCUT2D eigenvalue weighted by Gasteiger charge is 2.44. The van der Waals surface area contributed by atoms with E-state index in [1.54, 1.807) is 12.1 Å². The van der Waals surface area contributed by atoms with Gasteiger partial charge in [0.2, 0.25) is 0 Å². The molecular formula is C14H21NO2S. The second-order valence-corrected chi connectivity index (χ2v) is 7.68. The lowest BCUT2D eigenvalue weighted by Crippen LogP contribution is -2.20. The van der Waals surface area contributed by atoms with E-state index < -0.39 is 9.84 Å². The number of hydrogen-bond acceptors (Lipinski definition) is 3. The summed E-state index contributed by atoms with van der Waals surface area (Å²) in [5.74, 6) is 0.695. The first-order chi connectivity index (χ1) is 8.33. The van der Waals surface area contributed by atoms with Crippen LogP contribution in [0.1, 0.15) is 26.7 Å². The molecule has 0 heterocycles. The van der Waals surface area contributed by atoms with Gasteiger partial charge >= 0.3 is 0 Å². The average molecular weight is 267 g/mol. The first-order valence-corrected chi connectivity index (χ1v) is 8.27. The lowest BCUT2D eigenvalue weighted by molar-refractivity contribution is 0.380. The fourth-order valence-corrected chi connectivity index (χ4v) is 2.85. The van der Waals surface area contributed by atoms with Crippen LogP contribution in [0.3, 0.4) is 0 Å². The SMILES string of the molecule is CC(C)C1(CNc2ccc(S(C)(=O)=O)cc2)CC1. The Morgan fingerprint density at radius 1 is 1.22 bits per heavy atom. The zero-order valence-electron chi connectivity index (χ0n) is 11.2. The number of anilines is 1. The Morgan fingerprint density at radius 2 is 1.78 bits per heavy atom. The highest BCUT2D eigenvalue weighted by molar-refractivity contribution is 7.90. The van der Waals surface area contributed by atoms with E-state index in [4.69, 9.17) is 0 Å². The first kappa shape index (κ1) is 13.4. The van der Waals surface area contributed by atoms with Gasteiger partial charge in [0.05, 0.1) is 4.90 Å². The molecule has 1 saturated carbocycles. The molecule has 0 bridgehead atoms. The minimum atomic E-state index is -3.09. The van der Waals surface area contributed by atoms with Crippen LogP contribution >= 0.6 is 0 Å². The maximum Gasteiger partial charge on any atom is 0.175 e. The first-order valence-electron chi connectivity index (χ1n) is 6.37. The van der Waals surface area contributed by atoms with Crippen LogP contribution in [0.25, 0.3) is 0 Å². The van der Waals surface area contributed by atoms with Crippen LogP contribution in [0.5, 0.6) is 0 Å². The van der Waals surface area contributed by atoms with Crippen molar-refractivity contribution in [3.8, 4) is 0 Å². The van der Waals surface area contributed by atoms with Crippen LogP contribution in [-0.4, -0.2) is 21.2 Å². The molecule has 18 heavy (non-hydrogen) atoms. The van der Waals surface area contributed by atoms with Gasteiger partial charge in [0.25, 0.3) is 0 Å². The molecule has 0 spiro atoms. The van der Waals surface area contributed by atoms with E-state index in [1.165, 1.54) is 19.1 Å². The number of sulfone groups is 1. The van der Waals surface area contributed by atoms with E-state index in [0.717, 1.165) is 12.2 Å². The lowest BCUT2D eigenvalue weighted by atomic mass is 9.92. The van der Waals surface area contributed by atoms with Crippen LogP contribution < -0.4 is 5.32 Å². The standard InChI is InChI=1S/C14H21NO2S/c1-11(2)14(8-9-14)10-15-12-4-6-13(7-5-12)18(3,16)17/h4-7,11,15H,8-10H2,1-3H3. The molecule has 0 aliphatic heterocycles. The Hall–Kier alpha value is -1.03. The number of hydrogen-bond donors (Lipinski definition) is 1. The van der Waals surface area contributed by atoms with Crippen LogP contribution in [-0.2, 0) is 9.84 Å². The third-order valence-electron chi connectivity index (χ3n) is 4.04. The molecule has 1 aliphatic carbocycles. The van der Waals surface area contributed by atoms with Gasteiger partial charge in [-0.2, -0.15) is 0 Å². The molecule has 0 amide bonds. The predicted octanol–water partition coefficient (Wildman–Crippen LogP) is 2.94. The molecule has 100 valence electrons. The third-order valence-corrected chi connectivity index (χ3v) is 5.17. The van der Waals surface area contributed by atoms with Gasteiger partial charge in [-0.1, -0.05) is 13.8 Å². The molecule has 3 nitrogen and oxygen atoms in total. The molecule has 0 saturated heterocycles. The highest BCUT2D eigenvalue weighted by Crippen LogP contribution is 2.51. The normalized spacial score (nSPS) is 17.8. The summed E-state index contributed by atoms with van der Waals surface area (Å²) in [6.07, 6.45) is 3.81. The van der Waals surface area contributed by atoms with Gasteiger partial charge in [-0.25, -0.2) is 8.42 Å². The second-order valence-electron chi connectivity index (χ2n) is 5.67. The van der Waals surface area contributed by atoms with Gasteiger partial charge in [-0.15, -0.1) is 0 Å². The molecule has 2 rings (SSSR count). The van der Waals surface area contributed by atoms with Crippen molar-refractivity contribution in [3.63, 3.8) is 0 Å². The van der Waals surface area contributed by atoms with Crippen molar-refractivity contribution in [1.29, 1.82) is 0 Å². The van der Waals surface area contributed by atoms with Crippen molar-refractivity contribution in [2.24, 2.45) is 11.3 Å². The minimum absolute atomic E-state index is 0.373. The minimum Gasteiger partial charge on any atom is -0.384 e. The van der Waals surface area contributed by atoms with E-state index in [1.807, 2.05) is 12.1 Å². The van der Waals surface area contributed by atoms with Crippen molar-refractivity contribution in [3.05, 3.63) is 24.3 Å². The molecule has 1 fully saturated rings. The van der Waals surface area contributed by atoms with Crippen LogP contribution in [0, 0.1) is 11.3 Å². The molecule has 0 aromatic heterocycles. The van der Waals surface area contributed by atoms with Crippen LogP contribution in [0.15, 0.2) is 29.2 Å². The van der Waals surface area contributed by atoms with E-state index in [0.29, 0.717) is 16.2 Å². The summed E-state index contributed by atoms with van der Waals surface area (Å²) in [6.45, 7) is 5.51. The van der Waals surface area contributed by atoms with Crippen LogP contribution in [0.4, 0.5) is 5.69 Å². The van der Waals surface area contributed by atoms with Crippen LogP contribution in [0.2, 0.25) is 0 Å².